The first-order chi connectivity index (χ1) is 14.8. The second kappa shape index (κ2) is 10.2. The van der Waals surface area contributed by atoms with Gasteiger partial charge in [0.2, 0.25) is 5.91 Å². The van der Waals surface area contributed by atoms with Crippen molar-refractivity contribution in [3.63, 3.8) is 0 Å². The predicted octanol–water partition coefficient (Wildman–Crippen LogP) is 4.36. The van der Waals surface area contributed by atoms with Gasteiger partial charge in [-0.05, 0) is 50.1 Å². The first-order valence-corrected chi connectivity index (χ1v) is 10.5. The van der Waals surface area contributed by atoms with Crippen LogP contribution in [0.25, 0.3) is 6.08 Å². The Morgan fingerprint density at radius 3 is 2.29 bits per heavy atom. The van der Waals surface area contributed by atoms with E-state index in [2.05, 4.69) is 0 Å². The van der Waals surface area contributed by atoms with Crippen LogP contribution >= 0.6 is 0 Å². The molecule has 1 saturated heterocycles. The van der Waals surface area contributed by atoms with Crippen LogP contribution in [-0.4, -0.2) is 53.6 Å². The van der Waals surface area contributed by atoms with Gasteiger partial charge in [-0.3, -0.25) is 4.79 Å². The van der Waals surface area contributed by atoms with Crippen LogP contribution in [0.2, 0.25) is 0 Å². The highest BCUT2D eigenvalue weighted by molar-refractivity contribution is 5.92. The van der Waals surface area contributed by atoms with Gasteiger partial charge in [0.25, 0.3) is 0 Å². The molecule has 0 N–H and O–H groups in total. The summed E-state index contributed by atoms with van der Waals surface area (Å²) in [6.07, 6.45) is 3.03. The Bertz CT molecular complexity index is 911. The summed E-state index contributed by atoms with van der Waals surface area (Å²) in [5.74, 6) is 0.684. The second-order valence-corrected chi connectivity index (χ2v) is 8.47. The minimum Gasteiger partial charge on any atom is -0.489 e. The molecule has 0 unspecified atom stereocenters. The molecule has 3 rings (SSSR count). The molecule has 2 aromatic rings. The lowest BCUT2D eigenvalue weighted by molar-refractivity contribution is -0.127. The topological polar surface area (TPSA) is 59.1 Å². The van der Waals surface area contributed by atoms with E-state index in [-0.39, 0.29) is 12.0 Å². The highest BCUT2D eigenvalue weighted by Crippen LogP contribution is 2.17. The average molecular weight is 423 g/mol. The molecule has 1 aliphatic heterocycles. The van der Waals surface area contributed by atoms with Crippen molar-refractivity contribution in [1.82, 2.24) is 9.80 Å². The van der Waals surface area contributed by atoms with Crippen molar-refractivity contribution < 1.29 is 19.1 Å². The molecule has 0 saturated carbocycles. The molecule has 1 aliphatic rings. The number of ether oxygens (including phenoxy) is 2. The molecule has 164 valence electrons. The lowest BCUT2D eigenvalue weighted by Gasteiger charge is -2.35. The van der Waals surface area contributed by atoms with Gasteiger partial charge in [0.15, 0.2) is 0 Å². The van der Waals surface area contributed by atoms with E-state index in [1.807, 2.05) is 75.4 Å². The van der Waals surface area contributed by atoms with E-state index in [1.54, 1.807) is 22.0 Å². The summed E-state index contributed by atoms with van der Waals surface area (Å²) >= 11 is 0. The number of carbonyl (C=O) groups is 2. The van der Waals surface area contributed by atoms with E-state index in [0.717, 1.165) is 16.9 Å². The lowest BCUT2D eigenvalue weighted by atomic mass is 10.2. The third-order valence-corrected chi connectivity index (χ3v) is 4.77. The van der Waals surface area contributed by atoms with E-state index >= 15 is 0 Å². The number of benzene rings is 2. The molecule has 6 heteroatoms. The number of hydrogen-bond donors (Lipinski definition) is 0. The molecular formula is C25H30N2O4. The van der Waals surface area contributed by atoms with Crippen molar-refractivity contribution in [2.45, 2.75) is 33.0 Å². The maximum Gasteiger partial charge on any atom is 0.410 e. The highest BCUT2D eigenvalue weighted by atomic mass is 16.6. The fourth-order valence-corrected chi connectivity index (χ4v) is 3.16. The van der Waals surface area contributed by atoms with Crippen molar-refractivity contribution in [3.8, 4) is 5.75 Å². The van der Waals surface area contributed by atoms with Gasteiger partial charge in [-0.1, -0.05) is 42.5 Å². The summed E-state index contributed by atoms with van der Waals surface area (Å²) in [6, 6.07) is 17.6. The number of hydrogen-bond acceptors (Lipinski definition) is 4. The smallest absolute Gasteiger partial charge is 0.410 e. The van der Waals surface area contributed by atoms with Gasteiger partial charge in [-0.25, -0.2) is 4.79 Å². The summed E-state index contributed by atoms with van der Waals surface area (Å²) < 4.78 is 11.2. The molecule has 0 atom stereocenters. The Kier molecular flexibility index (Phi) is 7.34. The van der Waals surface area contributed by atoms with E-state index < -0.39 is 5.60 Å². The normalized spacial score (nSPS) is 14.5. The third kappa shape index (κ3) is 7.17. The summed E-state index contributed by atoms with van der Waals surface area (Å²) in [6.45, 7) is 7.94. The fraction of sp³-hybridized carbons (Fsp3) is 0.360. The number of amides is 2. The van der Waals surface area contributed by atoms with Gasteiger partial charge in [-0.15, -0.1) is 0 Å². The fourth-order valence-electron chi connectivity index (χ4n) is 3.16. The summed E-state index contributed by atoms with van der Waals surface area (Å²) in [5.41, 5.74) is 1.47. The Balaban J connectivity index is 1.49. The average Bonchev–Trinajstić information content (AvgIpc) is 2.76. The molecule has 0 aromatic heterocycles. The van der Waals surface area contributed by atoms with E-state index in [4.69, 9.17) is 9.47 Å². The number of nitrogens with zero attached hydrogens (tertiary/aromatic N) is 2. The second-order valence-electron chi connectivity index (χ2n) is 8.47. The van der Waals surface area contributed by atoms with Crippen molar-refractivity contribution in [3.05, 3.63) is 71.8 Å². The monoisotopic (exact) mass is 422 g/mol. The molecule has 31 heavy (non-hydrogen) atoms. The van der Waals surface area contributed by atoms with E-state index in [9.17, 15) is 9.59 Å². The Morgan fingerprint density at radius 1 is 0.935 bits per heavy atom. The van der Waals surface area contributed by atoms with Crippen molar-refractivity contribution in [2.75, 3.05) is 26.2 Å². The number of rotatable bonds is 5. The van der Waals surface area contributed by atoms with E-state index in [0.29, 0.717) is 32.8 Å². The molecule has 0 spiro atoms. The standard InChI is InChI=1S/C25H30N2O4/c1-25(2,3)31-24(29)27-16-14-26(15-17-27)23(28)13-12-20-10-7-11-22(18-20)30-19-21-8-5-4-6-9-21/h4-13,18H,14-17,19H2,1-3H3/b13-12+. The highest BCUT2D eigenvalue weighted by Gasteiger charge is 2.26. The number of carbonyl (C=O) groups excluding carboxylic acids is 2. The molecular weight excluding hydrogens is 392 g/mol. The van der Waals surface area contributed by atoms with Crippen molar-refractivity contribution in [2.24, 2.45) is 0 Å². The van der Waals surface area contributed by atoms with Gasteiger partial charge in [-0.2, -0.15) is 0 Å². The van der Waals surface area contributed by atoms with Crippen LogP contribution < -0.4 is 4.74 Å². The quantitative estimate of drug-likeness (QED) is 0.672. The van der Waals surface area contributed by atoms with Crippen LogP contribution in [-0.2, 0) is 16.1 Å². The van der Waals surface area contributed by atoms with Gasteiger partial charge in [0.1, 0.15) is 18.0 Å². The van der Waals surface area contributed by atoms with E-state index in [1.165, 1.54) is 0 Å². The largest absolute Gasteiger partial charge is 0.489 e. The zero-order chi connectivity index (χ0) is 22.3. The predicted molar refractivity (Wildman–Crippen MR) is 121 cm³/mol. The summed E-state index contributed by atoms with van der Waals surface area (Å²) in [5, 5.41) is 0. The van der Waals surface area contributed by atoms with Crippen LogP contribution in [0.4, 0.5) is 4.79 Å². The summed E-state index contributed by atoms with van der Waals surface area (Å²) in [4.78, 5) is 28.1. The zero-order valence-corrected chi connectivity index (χ0v) is 18.4. The van der Waals surface area contributed by atoms with Crippen molar-refractivity contribution in [1.29, 1.82) is 0 Å². The minimum atomic E-state index is -0.522. The molecule has 0 radical (unpaired) electrons. The SMILES string of the molecule is CC(C)(C)OC(=O)N1CCN(C(=O)/C=C/c2cccc(OCc3ccccc3)c2)CC1. The van der Waals surface area contributed by atoms with Crippen LogP contribution in [0.15, 0.2) is 60.7 Å². The Morgan fingerprint density at radius 2 is 1.61 bits per heavy atom. The molecule has 1 heterocycles. The maximum absolute atomic E-state index is 12.5. The van der Waals surface area contributed by atoms with Crippen LogP contribution in [0, 0.1) is 0 Å². The Labute approximate surface area is 184 Å². The summed E-state index contributed by atoms with van der Waals surface area (Å²) in [7, 11) is 0. The van der Waals surface area contributed by atoms with Crippen LogP contribution in [0.5, 0.6) is 5.75 Å². The first kappa shape index (κ1) is 22.4. The first-order valence-electron chi connectivity index (χ1n) is 10.5. The zero-order valence-electron chi connectivity index (χ0n) is 18.4. The minimum absolute atomic E-state index is 0.0700. The maximum atomic E-state index is 12.5. The molecule has 1 fully saturated rings. The van der Waals surface area contributed by atoms with Gasteiger partial charge < -0.3 is 19.3 Å². The van der Waals surface area contributed by atoms with Crippen LogP contribution in [0.3, 0.4) is 0 Å². The van der Waals surface area contributed by atoms with Crippen LogP contribution in [0.1, 0.15) is 31.9 Å². The Hall–Kier alpha value is -3.28. The number of piperazine rings is 1. The van der Waals surface area contributed by atoms with Gasteiger partial charge in [0.05, 0.1) is 0 Å². The molecule has 2 aromatic carbocycles. The molecule has 2 amide bonds. The molecule has 0 aliphatic carbocycles. The molecule has 6 nitrogen and oxygen atoms in total. The molecule has 0 bridgehead atoms. The third-order valence-electron chi connectivity index (χ3n) is 4.77. The van der Waals surface area contributed by atoms with Gasteiger partial charge >= 0.3 is 6.09 Å². The lowest BCUT2D eigenvalue weighted by Crippen LogP contribution is -2.51. The van der Waals surface area contributed by atoms with Crippen molar-refractivity contribution >= 4 is 18.1 Å². The van der Waals surface area contributed by atoms with Gasteiger partial charge in [0, 0.05) is 32.3 Å².